The van der Waals surface area contributed by atoms with Crippen molar-refractivity contribution in [1.82, 2.24) is 0 Å². The summed E-state index contributed by atoms with van der Waals surface area (Å²) in [5, 5.41) is 10.2. The van der Waals surface area contributed by atoms with Gasteiger partial charge in [0.15, 0.2) is 0 Å². The second kappa shape index (κ2) is 13.8. The number of hydrogen-bond donors (Lipinski definition) is 0. The van der Waals surface area contributed by atoms with Crippen LogP contribution < -0.4 is 4.90 Å². The van der Waals surface area contributed by atoms with Crippen LogP contribution in [0.5, 0.6) is 0 Å². The maximum Gasteiger partial charge on any atom is 0.0555 e. The smallest absolute Gasteiger partial charge is 0.0555 e. The molecule has 1 nitrogen and oxygen atoms in total. The summed E-state index contributed by atoms with van der Waals surface area (Å²) in [6.45, 7) is 0. The fraction of sp³-hybridized carbons (Fsp3) is 0. The van der Waals surface area contributed by atoms with Gasteiger partial charge in [0.1, 0.15) is 0 Å². The summed E-state index contributed by atoms with van der Waals surface area (Å²) < 4.78 is 5.15. The lowest BCUT2D eigenvalue weighted by Gasteiger charge is -2.27. The van der Waals surface area contributed by atoms with Crippen molar-refractivity contribution in [2.75, 3.05) is 4.90 Å². The molecule has 0 amide bonds. The summed E-state index contributed by atoms with van der Waals surface area (Å²) in [6, 6.07) is 78.2. The lowest BCUT2D eigenvalue weighted by Crippen LogP contribution is -2.10. The lowest BCUT2D eigenvalue weighted by molar-refractivity contribution is 1.31. The average molecular weight is 786 g/mol. The molecule has 12 rings (SSSR count). The van der Waals surface area contributed by atoms with Crippen LogP contribution in [0.15, 0.2) is 212 Å². The summed E-state index contributed by atoms with van der Waals surface area (Å²) in [4.78, 5) is 2.50. The molecular formula is C56H35NS2. The van der Waals surface area contributed by atoms with Crippen molar-refractivity contribution >= 4 is 102 Å². The first-order chi connectivity index (χ1) is 29.2. The lowest BCUT2D eigenvalue weighted by atomic mass is 9.98. The van der Waals surface area contributed by atoms with Crippen LogP contribution >= 0.6 is 22.7 Å². The Labute approximate surface area is 350 Å². The van der Waals surface area contributed by atoms with Gasteiger partial charge >= 0.3 is 0 Å². The molecule has 0 N–H and O–H groups in total. The van der Waals surface area contributed by atoms with Gasteiger partial charge in [-0.1, -0.05) is 170 Å². The fourth-order valence-electron chi connectivity index (χ4n) is 8.99. The first-order valence-electron chi connectivity index (χ1n) is 20.1. The van der Waals surface area contributed by atoms with Crippen molar-refractivity contribution in [2.24, 2.45) is 0 Å². The molecular weight excluding hydrogens is 751 g/mol. The van der Waals surface area contributed by atoms with E-state index >= 15 is 0 Å². The highest BCUT2D eigenvalue weighted by molar-refractivity contribution is 7.26. The zero-order valence-electron chi connectivity index (χ0n) is 32.0. The second-order valence-electron chi connectivity index (χ2n) is 15.3. The van der Waals surface area contributed by atoms with Crippen LogP contribution in [0.4, 0.5) is 17.1 Å². The Kier molecular flexibility index (Phi) is 7.97. The van der Waals surface area contributed by atoms with E-state index in [0.29, 0.717) is 0 Å². The van der Waals surface area contributed by atoms with Gasteiger partial charge in [-0.3, -0.25) is 0 Å². The molecule has 0 unspecified atom stereocenters. The third-order valence-corrected chi connectivity index (χ3v) is 14.1. The zero-order valence-corrected chi connectivity index (χ0v) is 33.6. The quantitative estimate of drug-likeness (QED) is 0.152. The van der Waals surface area contributed by atoms with E-state index < -0.39 is 0 Å². The molecule has 3 heteroatoms. The molecule has 0 saturated carbocycles. The van der Waals surface area contributed by atoms with Crippen molar-refractivity contribution in [3.63, 3.8) is 0 Å². The van der Waals surface area contributed by atoms with Crippen LogP contribution in [-0.4, -0.2) is 0 Å². The van der Waals surface area contributed by atoms with Crippen LogP contribution in [0.1, 0.15) is 0 Å². The molecule has 0 atom stereocenters. The monoisotopic (exact) mass is 785 g/mol. The third-order valence-electron chi connectivity index (χ3n) is 11.8. The predicted molar refractivity (Wildman–Crippen MR) is 258 cm³/mol. The maximum atomic E-state index is 2.50. The Morgan fingerprint density at radius 1 is 0.305 bits per heavy atom. The average Bonchev–Trinajstić information content (AvgIpc) is 3.88. The van der Waals surface area contributed by atoms with Crippen LogP contribution in [0.2, 0.25) is 0 Å². The van der Waals surface area contributed by atoms with Gasteiger partial charge in [0.05, 0.1) is 5.69 Å². The van der Waals surface area contributed by atoms with E-state index in [4.69, 9.17) is 0 Å². The molecule has 0 saturated heterocycles. The molecule has 0 spiro atoms. The first-order valence-corrected chi connectivity index (χ1v) is 21.7. The second-order valence-corrected chi connectivity index (χ2v) is 17.4. The Morgan fingerprint density at radius 3 is 1.54 bits per heavy atom. The number of benzene rings is 10. The van der Waals surface area contributed by atoms with E-state index in [1.54, 1.807) is 0 Å². The molecule has 2 aromatic heterocycles. The number of thiophene rings is 2. The van der Waals surface area contributed by atoms with Gasteiger partial charge in [0.2, 0.25) is 0 Å². The number of rotatable bonds is 6. The molecule has 2 heterocycles. The first kappa shape index (κ1) is 34.0. The third kappa shape index (κ3) is 5.73. The Balaban J connectivity index is 1.11. The van der Waals surface area contributed by atoms with Gasteiger partial charge in [0, 0.05) is 51.7 Å². The Bertz CT molecular complexity index is 3550. The summed E-state index contributed by atoms with van der Waals surface area (Å²) in [5.74, 6) is 0. The Morgan fingerprint density at radius 2 is 0.831 bits per heavy atom. The summed E-state index contributed by atoms with van der Waals surface area (Å²) in [6.07, 6.45) is 0. The van der Waals surface area contributed by atoms with Gasteiger partial charge < -0.3 is 4.90 Å². The standard InChI is InChI=1S/C56H35NS2/c1-4-12-36(13-5-1)40-22-26-48-49-29-25-44(35-54(49)58-52(48)33-40)57(43-24-28-46-42(32-43)21-20-39-18-10-11-19-45(39)46)51-31-30-47(38-16-8-3-9-17-38)56-55(51)50-27-23-41(34-53(50)59-56)37-14-6-2-7-15-37/h1-35H. The molecule has 0 aliphatic carbocycles. The van der Waals surface area contributed by atoms with E-state index in [0.717, 1.165) is 11.4 Å². The number of nitrogens with zero attached hydrogens (tertiary/aromatic N) is 1. The maximum absolute atomic E-state index is 2.50. The van der Waals surface area contributed by atoms with Crippen molar-refractivity contribution < 1.29 is 0 Å². The molecule has 0 aliphatic rings. The molecule has 276 valence electrons. The highest BCUT2D eigenvalue weighted by atomic mass is 32.1. The van der Waals surface area contributed by atoms with Gasteiger partial charge in [-0.25, -0.2) is 0 Å². The van der Waals surface area contributed by atoms with Crippen molar-refractivity contribution in [2.45, 2.75) is 0 Å². The van der Waals surface area contributed by atoms with E-state index in [1.165, 1.54) is 101 Å². The van der Waals surface area contributed by atoms with Gasteiger partial charge in [0.25, 0.3) is 0 Å². The van der Waals surface area contributed by atoms with Crippen LogP contribution in [0.25, 0.3) is 95.3 Å². The Hall–Kier alpha value is -7.04. The molecule has 0 aliphatic heterocycles. The molecule has 0 radical (unpaired) electrons. The summed E-state index contributed by atoms with van der Waals surface area (Å²) >= 11 is 3.78. The van der Waals surface area contributed by atoms with Crippen molar-refractivity contribution in [3.8, 4) is 33.4 Å². The topological polar surface area (TPSA) is 3.24 Å². The molecule has 0 bridgehead atoms. The minimum Gasteiger partial charge on any atom is -0.310 e. The molecule has 10 aromatic carbocycles. The predicted octanol–water partition coefficient (Wildman–Crippen LogP) is 17.2. The number of hydrogen-bond acceptors (Lipinski definition) is 3. The largest absolute Gasteiger partial charge is 0.310 e. The zero-order chi connectivity index (χ0) is 38.9. The molecule has 59 heavy (non-hydrogen) atoms. The normalized spacial score (nSPS) is 11.7. The van der Waals surface area contributed by atoms with Crippen LogP contribution in [0, 0.1) is 0 Å². The van der Waals surface area contributed by atoms with Crippen molar-refractivity contribution in [1.29, 1.82) is 0 Å². The van der Waals surface area contributed by atoms with Crippen LogP contribution in [0.3, 0.4) is 0 Å². The van der Waals surface area contributed by atoms with E-state index in [2.05, 4.69) is 217 Å². The SMILES string of the molecule is c1ccc(-c2ccc3c(c2)sc2cc(N(c4ccc5c(ccc6ccccc65)c4)c4ccc(-c5ccccc5)c5sc6cc(-c7ccccc7)ccc6c45)ccc23)cc1. The summed E-state index contributed by atoms with van der Waals surface area (Å²) in [5.41, 5.74) is 10.9. The fourth-order valence-corrected chi connectivity index (χ4v) is 11.5. The summed E-state index contributed by atoms with van der Waals surface area (Å²) in [7, 11) is 0. The molecule has 12 aromatic rings. The van der Waals surface area contributed by atoms with E-state index in [1.807, 2.05) is 22.7 Å². The number of anilines is 3. The van der Waals surface area contributed by atoms with Gasteiger partial charge in [-0.05, 0) is 97.4 Å². The van der Waals surface area contributed by atoms with E-state index in [9.17, 15) is 0 Å². The van der Waals surface area contributed by atoms with Crippen LogP contribution in [-0.2, 0) is 0 Å². The minimum absolute atomic E-state index is 1.13. The molecule has 0 fully saturated rings. The highest BCUT2D eigenvalue weighted by Gasteiger charge is 2.23. The number of fused-ring (bicyclic) bond motifs is 9. The van der Waals surface area contributed by atoms with Gasteiger partial charge in [-0.15, -0.1) is 22.7 Å². The van der Waals surface area contributed by atoms with Crippen molar-refractivity contribution in [3.05, 3.63) is 212 Å². The van der Waals surface area contributed by atoms with Gasteiger partial charge in [-0.2, -0.15) is 0 Å². The minimum atomic E-state index is 1.13. The van der Waals surface area contributed by atoms with E-state index in [-0.39, 0.29) is 0 Å². The highest BCUT2D eigenvalue weighted by Crippen LogP contribution is 2.50.